The van der Waals surface area contributed by atoms with Gasteiger partial charge in [-0.1, -0.05) is 48.0 Å². The van der Waals surface area contributed by atoms with E-state index in [1.54, 1.807) is 7.05 Å². The van der Waals surface area contributed by atoms with E-state index >= 15 is 0 Å². The Morgan fingerprint density at radius 2 is 1.91 bits per heavy atom. The van der Waals surface area contributed by atoms with Gasteiger partial charge in [0, 0.05) is 20.1 Å². The lowest BCUT2D eigenvalue weighted by Crippen LogP contribution is -2.46. The number of imidazole rings is 1. The van der Waals surface area contributed by atoms with Crippen LogP contribution in [0.15, 0.2) is 48.5 Å². The number of benzene rings is 2. The summed E-state index contributed by atoms with van der Waals surface area (Å²) in [5, 5.41) is 3.05. The average molecular weight is 509 g/mol. The third kappa shape index (κ3) is 5.06. The number of hydrogen-bond acceptors (Lipinski definition) is 3. The number of alkyl halides is 3. The number of aromatic nitrogens is 2. The van der Waals surface area contributed by atoms with Crippen LogP contribution in [0.1, 0.15) is 46.7 Å². The number of likely N-dealkylation sites (N-methyl/N-ethyl adjacent to an activating group) is 1. The van der Waals surface area contributed by atoms with Crippen molar-refractivity contribution in [1.82, 2.24) is 19.8 Å². The predicted molar refractivity (Wildman–Crippen MR) is 124 cm³/mol. The van der Waals surface area contributed by atoms with Gasteiger partial charge in [0.25, 0.3) is 0 Å². The topological polar surface area (TPSA) is 50.2 Å². The number of halogens is 5. The summed E-state index contributed by atoms with van der Waals surface area (Å²) in [5.74, 6) is -0.754. The lowest BCUT2D eigenvalue weighted by Gasteiger charge is -2.41. The van der Waals surface area contributed by atoms with Crippen LogP contribution in [-0.2, 0) is 23.9 Å². The Kier molecular flexibility index (Phi) is 7.19. The molecule has 2 aromatic carbocycles. The zero-order valence-electron chi connectivity index (χ0n) is 19.2. The number of amides is 1. The normalized spacial score (nSPS) is 17.2. The van der Waals surface area contributed by atoms with Crippen molar-refractivity contribution in [2.75, 3.05) is 13.6 Å². The second kappa shape index (κ2) is 9.99. The van der Waals surface area contributed by atoms with Crippen LogP contribution in [-0.4, -0.2) is 34.0 Å². The lowest BCUT2D eigenvalue weighted by atomic mass is 9.95. The molecule has 0 saturated carbocycles. The smallest absolute Gasteiger partial charge is 0.358 e. The van der Waals surface area contributed by atoms with Crippen molar-refractivity contribution in [2.24, 2.45) is 0 Å². The minimum Gasteiger partial charge on any atom is -0.358 e. The molecular formula is C25H25ClF4N4O. The quantitative estimate of drug-likeness (QED) is 0.449. The van der Waals surface area contributed by atoms with E-state index in [1.165, 1.54) is 6.07 Å². The zero-order chi connectivity index (χ0) is 25.3. The summed E-state index contributed by atoms with van der Waals surface area (Å²) in [6.07, 6.45) is -4.07. The summed E-state index contributed by atoms with van der Waals surface area (Å²) in [5.41, 5.74) is 0.683. The number of nitrogens with zero attached hydrogens (tertiary/aromatic N) is 3. The molecule has 5 nitrogen and oxygen atoms in total. The monoisotopic (exact) mass is 508 g/mol. The minimum absolute atomic E-state index is 0.192. The highest BCUT2D eigenvalue weighted by molar-refractivity contribution is 6.30. The number of fused-ring (bicyclic) bond motifs is 1. The molecule has 0 aliphatic carbocycles. The Labute approximate surface area is 205 Å². The highest BCUT2D eigenvalue weighted by atomic mass is 35.5. The number of rotatable bonds is 6. The molecular weight excluding hydrogens is 484 g/mol. The van der Waals surface area contributed by atoms with E-state index in [9.17, 15) is 22.4 Å². The molecule has 0 unspecified atom stereocenters. The van der Waals surface area contributed by atoms with Crippen molar-refractivity contribution in [3.05, 3.63) is 87.7 Å². The third-order valence-corrected chi connectivity index (χ3v) is 6.72. The minimum atomic E-state index is -4.75. The second-order valence-corrected chi connectivity index (χ2v) is 8.88. The van der Waals surface area contributed by atoms with Gasteiger partial charge in [0.2, 0.25) is 5.91 Å². The Morgan fingerprint density at radius 3 is 2.54 bits per heavy atom. The van der Waals surface area contributed by atoms with Crippen LogP contribution in [0.4, 0.5) is 17.6 Å². The molecule has 1 aliphatic rings. The molecule has 0 saturated heterocycles. The van der Waals surface area contributed by atoms with E-state index in [1.807, 2.05) is 46.7 Å². The summed E-state index contributed by atoms with van der Waals surface area (Å²) >= 11 is 6.52. The molecule has 2 heterocycles. The SMILES string of the molecule is CNC(=O)[C@@H](c1ccccc1)N1CCn2c(C)nc(Cl)c2[C@@H]1CCc1ccc(C(F)(F)F)c(F)c1. The van der Waals surface area contributed by atoms with Crippen molar-refractivity contribution in [2.45, 2.75) is 44.6 Å². The van der Waals surface area contributed by atoms with Crippen LogP contribution in [0.25, 0.3) is 0 Å². The van der Waals surface area contributed by atoms with Crippen molar-refractivity contribution in [3.63, 3.8) is 0 Å². The van der Waals surface area contributed by atoms with Gasteiger partial charge in [-0.05, 0) is 43.0 Å². The molecule has 0 bridgehead atoms. The lowest BCUT2D eigenvalue weighted by molar-refractivity contribution is -0.140. The molecule has 2 atom stereocenters. The van der Waals surface area contributed by atoms with Crippen molar-refractivity contribution < 1.29 is 22.4 Å². The molecule has 0 radical (unpaired) electrons. The Bertz CT molecular complexity index is 1210. The van der Waals surface area contributed by atoms with Crippen LogP contribution in [0.3, 0.4) is 0 Å². The van der Waals surface area contributed by atoms with Gasteiger partial charge >= 0.3 is 6.18 Å². The molecule has 10 heteroatoms. The first-order valence-electron chi connectivity index (χ1n) is 11.2. The van der Waals surface area contributed by atoms with Crippen molar-refractivity contribution >= 4 is 17.5 Å². The molecule has 0 fully saturated rings. The fourth-order valence-electron chi connectivity index (χ4n) is 4.80. The molecule has 1 N–H and O–H groups in total. The third-order valence-electron chi connectivity index (χ3n) is 6.44. The second-order valence-electron chi connectivity index (χ2n) is 8.52. The van der Waals surface area contributed by atoms with Crippen LogP contribution in [0.5, 0.6) is 0 Å². The maximum atomic E-state index is 14.2. The average Bonchev–Trinajstić information content (AvgIpc) is 3.11. The van der Waals surface area contributed by atoms with Crippen molar-refractivity contribution in [3.8, 4) is 0 Å². The molecule has 186 valence electrons. The molecule has 3 aromatic rings. The summed E-state index contributed by atoms with van der Waals surface area (Å²) in [6, 6.07) is 11.3. The van der Waals surface area contributed by atoms with E-state index in [0.29, 0.717) is 30.2 Å². The zero-order valence-corrected chi connectivity index (χ0v) is 20.0. The molecule has 1 aromatic heterocycles. The fraction of sp³-hybridized carbons (Fsp3) is 0.360. The summed E-state index contributed by atoms with van der Waals surface area (Å²) in [4.78, 5) is 19.5. The molecule has 4 rings (SSSR count). The van der Waals surface area contributed by atoms with Crippen LogP contribution >= 0.6 is 11.6 Å². The maximum absolute atomic E-state index is 14.2. The standard InChI is InChI=1S/C25H25ClF4N4O/c1-15-32-23(26)22-20(11-9-16-8-10-18(19(27)14-16)25(28,29)30)34(13-12-33(15)22)21(24(35)31-2)17-6-4-3-5-7-17/h3-8,10,14,20-21H,9,11-13H2,1-2H3,(H,31,35)/t20-,21+/m0/s1. The van der Waals surface area contributed by atoms with Gasteiger partial charge in [0.05, 0.1) is 17.3 Å². The summed E-state index contributed by atoms with van der Waals surface area (Å²) < 4.78 is 55.1. The van der Waals surface area contributed by atoms with E-state index < -0.39 is 23.6 Å². The van der Waals surface area contributed by atoms with Crippen LogP contribution < -0.4 is 5.32 Å². The van der Waals surface area contributed by atoms with E-state index in [4.69, 9.17) is 11.6 Å². The highest BCUT2D eigenvalue weighted by Crippen LogP contribution is 2.40. The van der Waals surface area contributed by atoms with Gasteiger partial charge in [-0.15, -0.1) is 0 Å². The Morgan fingerprint density at radius 1 is 1.20 bits per heavy atom. The molecule has 1 amide bonds. The van der Waals surface area contributed by atoms with E-state index in [-0.39, 0.29) is 18.4 Å². The maximum Gasteiger partial charge on any atom is 0.419 e. The first-order chi connectivity index (χ1) is 16.6. The van der Waals surface area contributed by atoms with E-state index in [0.717, 1.165) is 29.2 Å². The molecule has 0 spiro atoms. The highest BCUT2D eigenvalue weighted by Gasteiger charge is 2.39. The van der Waals surface area contributed by atoms with Gasteiger partial charge in [-0.3, -0.25) is 9.69 Å². The molecule has 1 aliphatic heterocycles. The summed E-state index contributed by atoms with van der Waals surface area (Å²) in [6.45, 7) is 2.95. The number of nitrogens with one attached hydrogen (secondary N) is 1. The van der Waals surface area contributed by atoms with Gasteiger partial charge in [-0.2, -0.15) is 13.2 Å². The largest absolute Gasteiger partial charge is 0.419 e. The number of aryl methyl sites for hydroxylation is 2. The van der Waals surface area contributed by atoms with Crippen LogP contribution in [0.2, 0.25) is 5.15 Å². The Balaban J connectivity index is 1.70. The molecule has 35 heavy (non-hydrogen) atoms. The number of carbonyl (C=O) groups is 1. The van der Waals surface area contributed by atoms with E-state index in [2.05, 4.69) is 10.3 Å². The first-order valence-corrected chi connectivity index (χ1v) is 11.6. The predicted octanol–water partition coefficient (Wildman–Crippen LogP) is 5.48. The summed E-state index contributed by atoms with van der Waals surface area (Å²) in [7, 11) is 1.57. The van der Waals surface area contributed by atoms with Crippen LogP contribution in [0, 0.1) is 12.7 Å². The van der Waals surface area contributed by atoms with Crippen molar-refractivity contribution in [1.29, 1.82) is 0 Å². The van der Waals surface area contributed by atoms with Gasteiger partial charge in [0.1, 0.15) is 17.7 Å². The fourth-order valence-corrected chi connectivity index (χ4v) is 5.15. The number of hydrogen-bond donors (Lipinski definition) is 1. The van der Waals surface area contributed by atoms with Gasteiger partial charge < -0.3 is 9.88 Å². The van der Waals surface area contributed by atoms with Gasteiger partial charge in [0.15, 0.2) is 5.15 Å². The number of carbonyl (C=O) groups excluding carboxylic acids is 1. The van der Waals surface area contributed by atoms with Gasteiger partial charge in [-0.25, -0.2) is 9.37 Å². The first kappa shape index (κ1) is 25.2. The Hall–Kier alpha value is -2.91.